The van der Waals surface area contributed by atoms with Gasteiger partial charge in [-0.1, -0.05) is 56.8 Å². The largest absolute Gasteiger partial charge is 0.352 e. The molecule has 9 nitrogen and oxygen atoms in total. The third-order valence-corrected chi connectivity index (χ3v) is 6.07. The topological polar surface area (TPSA) is 126 Å². The molecule has 1 heterocycles. The lowest BCUT2D eigenvalue weighted by Crippen LogP contribution is -2.45. The lowest BCUT2D eigenvalue weighted by atomic mass is 9.89. The van der Waals surface area contributed by atoms with Crippen molar-refractivity contribution in [1.82, 2.24) is 20.8 Å². The zero-order valence-electron chi connectivity index (χ0n) is 20.3. The summed E-state index contributed by atoms with van der Waals surface area (Å²) >= 11 is 0. The van der Waals surface area contributed by atoms with Crippen molar-refractivity contribution in [2.45, 2.75) is 84.2 Å². The molecular weight excluding hydrogens is 434 g/mol. The van der Waals surface area contributed by atoms with E-state index < -0.39 is 5.54 Å². The number of nitrogens with zero attached hydrogens (tertiary/aromatic N) is 2. The SMILES string of the molecule is CC(=O)NC1(c2noc(CCC(=O)NCc3ccc(NC(=O)C(C)C)cc3)n2)CCCCCC1. The van der Waals surface area contributed by atoms with Gasteiger partial charge in [0.05, 0.1) is 0 Å². The van der Waals surface area contributed by atoms with Crippen LogP contribution in [0.15, 0.2) is 28.8 Å². The quantitative estimate of drug-likeness (QED) is 0.482. The number of rotatable bonds is 9. The first-order valence-corrected chi connectivity index (χ1v) is 12.1. The summed E-state index contributed by atoms with van der Waals surface area (Å²) in [6.07, 6.45) is 6.36. The standard InChI is InChI=1S/C25H35N5O4/c1-17(2)23(33)27-20-10-8-19(9-11-20)16-26-21(32)12-13-22-28-24(30-34-22)25(29-18(3)31)14-6-4-5-7-15-25/h8-11,17H,4-7,12-16H2,1-3H3,(H,26,32)(H,27,33)(H,29,31). The number of benzene rings is 1. The summed E-state index contributed by atoms with van der Waals surface area (Å²) in [6.45, 7) is 5.57. The minimum Gasteiger partial charge on any atom is -0.352 e. The number of amides is 3. The van der Waals surface area contributed by atoms with E-state index in [0.717, 1.165) is 49.8 Å². The Kier molecular flexibility index (Phi) is 8.79. The Bertz CT molecular complexity index is 975. The number of anilines is 1. The molecule has 1 aliphatic rings. The third kappa shape index (κ3) is 7.13. The minimum atomic E-state index is -0.590. The van der Waals surface area contributed by atoms with Crippen LogP contribution in [0, 0.1) is 5.92 Å². The van der Waals surface area contributed by atoms with Gasteiger partial charge in [0.1, 0.15) is 5.54 Å². The van der Waals surface area contributed by atoms with Crippen LogP contribution < -0.4 is 16.0 Å². The second-order valence-corrected chi connectivity index (χ2v) is 9.31. The van der Waals surface area contributed by atoms with Gasteiger partial charge in [-0.3, -0.25) is 14.4 Å². The van der Waals surface area contributed by atoms with Gasteiger partial charge in [0.2, 0.25) is 23.6 Å². The number of carbonyl (C=O) groups is 3. The van der Waals surface area contributed by atoms with Crippen LogP contribution in [0.2, 0.25) is 0 Å². The van der Waals surface area contributed by atoms with Crippen LogP contribution in [-0.2, 0) is 32.9 Å². The van der Waals surface area contributed by atoms with Gasteiger partial charge in [0.15, 0.2) is 5.82 Å². The molecule has 0 bridgehead atoms. The summed E-state index contributed by atoms with van der Waals surface area (Å²) in [5.41, 5.74) is 1.07. The van der Waals surface area contributed by atoms with Gasteiger partial charge in [0.25, 0.3) is 0 Å². The molecule has 1 aromatic heterocycles. The predicted molar refractivity (Wildman–Crippen MR) is 128 cm³/mol. The Morgan fingerprint density at radius 2 is 1.74 bits per heavy atom. The zero-order valence-corrected chi connectivity index (χ0v) is 20.3. The first kappa shape index (κ1) is 25.4. The predicted octanol–water partition coefficient (Wildman–Crippen LogP) is 3.60. The summed E-state index contributed by atoms with van der Waals surface area (Å²) < 4.78 is 5.41. The first-order chi connectivity index (χ1) is 16.3. The van der Waals surface area contributed by atoms with E-state index in [-0.39, 0.29) is 30.1 Å². The molecule has 0 saturated heterocycles. The molecule has 0 aliphatic heterocycles. The minimum absolute atomic E-state index is 0.0349. The highest BCUT2D eigenvalue weighted by Gasteiger charge is 2.38. The number of nitrogens with one attached hydrogen (secondary N) is 3. The smallest absolute Gasteiger partial charge is 0.227 e. The van der Waals surface area contributed by atoms with Gasteiger partial charge in [0, 0.05) is 37.9 Å². The number of carbonyl (C=O) groups excluding carboxylic acids is 3. The summed E-state index contributed by atoms with van der Waals surface area (Å²) in [6, 6.07) is 7.38. The fourth-order valence-corrected chi connectivity index (χ4v) is 4.13. The van der Waals surface area contributed by atoms with E-state index in [0.29, 0.717) is 24.7 Å². The van der Waals surface area contributed by atoms with Crippen LogP contribution in [0.25, 0.3) is 0 Å². The lowest BCUT2D eigenvalue weighted by Gasteiger charge is -2.30. The normalized spacial score (nSPS) is 15.4. The maximum atomic E-state index is 12.3. The lowest BCUT2D eigenvalue weighted by molar-refractivity contribution is -0.122. The van der Waals surface area contributed by atoms with Gasteiger partial charge in [-0.05, 0) is 30.5 Å². The van der Waals surface area contributed by atoms with Crippen molar-refractivity contribution >= 4 is 23.4 Å². The van der Waals surface area contributed by atoms with E-state index in [1.807, 2.05) is 38.1 Å². The van der Waals surface area contributed by atoms with Crippen LogP contribution in [0.5, 0.6) is 0 Å². The van der Waals surface area contributed by atoms with Crippen LogP contribution in [-0.4, -0.2) is 27.9 Å². The Morgan fingerprint density at radius 3 is 2.35 bits per heavy atom. The van der Waals surface area contributed by atoms with Gasteiger partial charge < -0.3 is 20.5 Å². The van der Waals surface area contributed by atoms with Crippen molar-refractivity contribution in [2.24, 2.45) is 5.92 Å². The molecule has 2 aromatic rings. The van der Waals surface area contributed by atoms with E-state index in [2.05, 4.69) is 26.1 Å². The van der Waals surface area contributed by atoms with E-state index in [1.165, 1.54) is 6.92 Å². The molecule has 1 fully saturated rings. The van der Waals surface area contributed by atoms with Crippen LogP contribution in [0.1, 0.15) is 83.0 Å². The van der Waals surface area contributed by atoms with Crippen LogP contribution in [0.4, 0.5) is 5.69 Å². The van der Waals surface area contributed by atoms with Crippen molar-refractivity contribution in [2.75, 3.05) is 5.32 Å². The van der Waals surface area contributed by atoms with Gasteiger partial charge in [-0.15, -0.1) is 0 Å². The van der Waals surface area contributed by atoms with E-state index >= 15 is 0 Å². The van der Waals surface area contributed by atoms with Crippen molar-refractivity contribution in [1.29, 1.82) is 0 Å². The van der Waals surface area contributed by atoms with Gasteiger partial charge in [-0.2, -0.15) is 4.98 Å². The van der Waals surface area contributed by atoms with Crippen molar-refractivity contribution < 1.29 is 18.9 Å². The molecule has 0 radical (unpaired) electrons. The van der Waals surface area contributed by atoms with Crippen molar-refractivity contribution in [3.05, 3.63) is 41.5 Å². The monoisotopic (exact) mass is 469 g/mol. The zero-order chi connectivity index (χ0) is 24.6. The van der Waals surface area contributed by atoms with E-state index in [9.17, 15) is 14.4 Å². The molecule has 0 unspecified atom stereocenters. The number of hydrogen-bond donors (Lipinski definition) is 3. The van der Waals surface area contributed by atoms with Crippen molar-refractivity contribution in [3.8, 4) is 0 Å². The average molecular weight is 470 g/mol. The van der Waals surface area contributed by atoms with Crippen molar-refractivity contribution in [3.63, 3.8) is 0 Å². The molecule has 184 valence electrons. The maximum absolute atomic E-state index is 12.3. The van der Waals surface area contributed by atoms with Gasteiger partial charge in [-0.25, -0.2) is 0 Å². The van der Waals surface area contributed by atoms with Gasteiger partial charge >= 0.3 is 0 Å². The highest BCUT2D eigenvalue weighted by Crippen LogP contribution is 2.34. The molecular formula is C25H35N5O4. The highest BCUT2D eigenvalue weighted by molar-refractivity contribution is 5.92. The molecule has 9 heteroatoms. The Labute approximate surface area is 200 Å². The van der Waals surface area contributed by atoms with Crippen LogP contribution >= 0.6 is 0 Å². The summed E-state index contributed by atoms with van der Waals surface area (Å²) in [7, 11) is 0. The molecule has 0 spiro atoms. The van der Waals surface area contributed by atoms with E-state index in [1.54, 1.807) is 0 Å². The molecule has 3 amide bonds. The fourth-order valence-electron chi connectivity index (χ4n) is 4.13. The Morgan fingerprint density at radius 1 is 1.06 bits per heavy atom. The summed E-state index contributed by atoms with van der Waals surface area (Å²) in [5.74, 6) is 0.546. The second-order valence-electron chi connectivity index (χ2n) is 9.31. The second kappa shape index (κ2) is 11.8. The molecule has 1 saturated carbocycles. The Balaban J connectivity index is 1.50. The molecule has 3 N–H and O–H groups in total. The third-order valence-electron chi connectivity index (χ3n) is 6.07. The fraction of sp³-hybridized carbons (Fsp3) is 0.560. The summed E-state index contributed by atoms with van der Waals surface area (Å²) in [5, 5.41) is 12.9. The Hall–Kier alpha value is -3.23. The average Bonchev–Trinajstić information content (AvgIpc) is 3.17. The first-order valence-electron chi connectivity index (χ1n) is 12.1. The number of aromatic nitrogens is 2. The van der Waals surface area contributed by atoms with Crippen LogP contribution in [0.3, 0.4) is 0 Å². The number of aryl methyl sites for hydroxylation is 1. The van der Waals surface area contributed by atoms with E-state index in [4.69, 9.17) is 4.52 Å². The number of hydrogen-bond acceptors (Lipinski definition) is 6. The molecule has 1 aromatic carbocycles. The maximum Gasteiger partial charge on any atom is 0.227 e. The molecule has 34 heavy (non-hydrogen) atoms. The molecule has 0 atom stereocenters. The molecule has 3 rings (SSSR count). The molecule has 1 aliphatic carbocycles. The highest BCUT2D eigenvalue weighted by atomic mass is 16.5. The summed E-state index contributed by atoms with van der Waals surface area (Å²) in [4.78, 5) is 40.5.